The van der Waals surface area contributed by atoms with Gasteiger partial charge in [0, 0.05) is 6.54 Å². The van der Waals surface area contributed by atoms with Crippen LogP contribution in [0.5, 0.6) is 0 Å². The zero-order valence-corrected chi connectivity index (χ0v) is 8.14. The molecule has 0 bridgehead atoms. The number of rotatable bonds is 6. The molecule has 0 rings (SSSR count). The molecule has 0 amide bonds. The van der Waals surface area contributed by atoms with Gasteiger partial charge in [-0.1, -0.05) is 33.6 Å². The van der Waals surface area contributed by atoms with Crippen LogP contribution in [0.4, 0.5) is 0 Å². The lowest BCUT2D eigenvalue weighted by molar-refractivity contribution is 0.664. The largest absolute Gasteiger partial charge is 0.297 e. The van der Waals surface area contributed by atoms with Crippen LogP contribution in [0.1, 0.15) is 46.5 Å². The summed E-state index contributed by atoms with van der Waals surface area (Å²) in [6, 6.07) is 0. The minimum Gasteiger partial charge on any atom is -0.297 e. The zero-order chi connectivity index (χ0) is 8.53. The van der Waals surface area contributed by atoms with Crippen molar-refractivity contribution in [2.24, 2.45) is 10.9 Å². The maximum absolute atomic E-state index is 4.32. The van der Waals surface area contributed by atoms with Crippen molar-refractivity contribution in [3.05, 3.63) is 0 Å². The summed E-state index contributed by atoms with van der Waals surface area (Å²) in [6.45, 7) is 7.62. The molecule has 0 aromatic rings. The molecule has 0 spiro atoms. The van der Waals surface area contributed by atoms with Gasteiger partial charge in [0.2, 0.25) is 0 Å². The van der Waals surface area contributed by atoms with Crippen LogP contribution in [0.15, 0.2) is 4.99 Å². The molecule has 0 aromatic carbocycles. The van der Waals surface area contributed by atoms with Gasteiger partial charge in [-0.15, -0.1) is 0 Å². The van der Waals surface area contributed by atoms with Crippen LogP contribution < -0.4 is 0 Å². The van der Waals surface area contributed by atoms with E-state index >= 15 is 0 Å². The highest BCUT2D eigenvalue weighted by atomic mass is 14.7. The third-order valence-corrected chi connectivity index (χ3v) is 1.54. The van der Waals surface area contributed by atoms with Crippen molar-refractivity contribution in [3.8, 4) is 0 Å². The first-order valence-corrected chi connectivity index (χ1v) is 4.75. The smallest absolute Gasteiger partial charge is 0.0408 e. The summed E-state index contributed by atoms with van der Waals surface area (Å²) in [5.74, 6) is 0.706. The highest BCUT2D eigenvalue weighted by Crippen LogP contribution is 1.97. The van der Waals surface area contributed by atoms with Crippen molar-refractivity contribution in [3.63, 3.8) is 0 Å². The van der Waals surface area contributed by atoms with Gasteiger partial charge >= 0.3 is 0 Å². The van der Waals surface area contributed by atoms with Gasteiger partial charge in [0.1, 0.15) is 0 Å². The van der Waals surface area contributed by atoms with E-state index in [1.54, 1.807) is 0 Å². The fourth-order valence-electron chi connectivity index (χ4n) is 0.862. The Labute approximate surface area is 70.9 Å². The lowest BCUT2D eigenvalue weighted by Gasteiger charge is -1.96. The molecule has 0 saturated heterocycles. The van der Waals surface area contributed by atoms with E-state index in [1.807, 2.05) is 0 Å². The van der Waals surface area contributed by atoms with E-state index in [9.17, 15) is 0 Å². The molecule has 66 valence electrons. The van der Waals surface area contributed by atoms with Gasteiger partial charge in [-0.2, -0.15) is 0 Å². The van der Waals surface area contributed by atoms with Gasteiger partial charge in [-0.05, 0) is 25.0 Å². The molecule has 0 unspecified atom stereocenters. The monoisotopic (exact) mass is 155 g/mol. The molecule has 0 saturated carbocycles. The van der Waals surface area contributed by atoms with Crippen molar-refractivity contribution in [1.29, 1.82) is 0 Å². The average molecular weight is 155 g/mol. The summed E-state index contributed by atoms with van der Waals surface area (Å²) in [6.07, 6.45) is 7.19. The van der Waals surface area contributed by atoms with Crippen molar-refractivity contribution in [2.45, 2.75) is 46.5 Å². The third kappa shape index (κ3) is 9.67. The van der Waals surface area contributed by atoms with Crippen LogP contribution >= 0.6 is 0 Å². The van der Waals surface area contributed by atoms with Gasteiger partial charge in [0.15, 0.2) is 0 Å². The summed E-state index contributed by atoms with van der Waals surface area (Å²) in [7, 11) is 0. The van der Waals surface area contributed by atoms with Crippen LogP contribution in [0.2, 0.25) is 0 Å². The van der Waals surface area contributed by atoms with Gasteiger partial charge in [-0.25, -0.2) is 0 Å². The second kappa shape index (κ2) is 7.77. The topological polar surface area (TPSA) is 12.4 Å². The van der Waals surface area contributed by atoms with Crippen molar-refractivity contribution >= 4 is 6.21 Å². The predicted octanol–water partition coefficient (Wildman–Crippen LogP) is 3.29. The van der Waals surface area contributed by atoms with Crippen LogP contribution in [0.3, 0.4) is 0 Å². The molecule has 0 radical (unpaired) electrons. The molecule has 11 heavy (non-hydrogen) atoms. The highest BCUT2D eigenvalue weighted by molar-refractivity contribution is 5.56. The minimum absolute atomic E-state index is 0.706. The Morgan fingerprint density at radius 3 is 2.55 bits per heavy atom. The Hall–Kier alpha value is -0.330. The van der Waals surface area contributed by atoms with Gasteiger partial charge in [-0.3, -0.25) is 4.99 Å². The summed E-state index contributed by atoms with van der Waals surface area (Å²) < 4.78 is 0. The molecule has 0 aliphatic rings. The van der Waals surface area contributed by atoms with Crippen molar-refractivity contribution in [2.75, 3.05) is 6.54 Å². The fraction of sp³-hybridized carbons (Fsp3) is 0.900. The Kier molecular flexibility index (Phi) is 7.54. The highest BCUT2D eigenvalue weighted by Gasteiger charge is 1.87. The second-order valence-electron chi connectivity index (χ2n) is 3.44. The molecule has 0 N–H and O–H groups in total. The zero-order valence-electron chi connectivity index (χ0n) is 8.14. The molecule has 1 heteroatoms. The Morgan fingerprint density at radius 1 is 1.27 bits per heavy atom. The first kappa shape index (κ1) is 10.7. The maximum atomic E-state index is 4.32. The lowest BCUT2D eigenvalue weighted by Crippen LogP contribution is -1.91. The molecule has 1 nitrogen and oxygen atoms in total. The average Bonchev–Trinajstić information content (AvgIpc) is 1.96. The number of hydrogen-bond donors (Lipinski definition) is 0. The van der Waals surface area contributed by atoms with Gasteiger partial charge in [0.05, 0.1) is 0 Å². The van der Waals surface area contributed by atoms with E-state index in [2.05, 4.69) is 32.0 Å². The number of aliphatic imine (C=N–C) groups is 1. The molecule has 0 aliphatic carbocycles. The minimum atomic E-state index is 0.706. The Morgan fingerprint density at radius 2 is 2.00 bits per heavy atom. The predicted molar refractivity (Wildman–Crippen MR) is 52.3 cm³/mol. The molecule has 0 aromatic heterocycles. The third-order valence-electron chi connectivity index (χ3n) is 1.54. The molecule has 0 fully saturated rings. The molecular weight excluding hydrogens is 134 g/mol. The van der Waals surface area contributed by atoms with Crippen molar-refractivity contribution < 1.29 is 0 Å². The summed E-state index contributed by atoms with van der Waals surface area (Å²) in [5.41, 5.74) is 0. The molecule has 0 atom stereocenters. The van der Waals surface area contributed by atoms with E-state index < -0.39 is 0 Å². The summed E-state index contributed by atoms with van der Waals surface area (Å²) in [5, 5.41) is 0. The number of unbranched alkanes of at least 4 members (excludes halogenated alkanes) is 3. The molecule has 0 heterocycles. The molecular formula is C10H21N. The number of nitrogens with zero attached hydrogens (tertiary/aromatic N) is 1. The number of hydrogen-bond acceptors (Lipinski definition) is 1. The quantitative estimate of drug-likeness (QED) is 0.412. The van der Waals surface area contributed by atoms with Crippen molar-refractivity contribution in [1.82, 2.24) is 0 Å². The van der Waals surface area contributed by atoms with Crippen LogP contribution in [-0.4, -0.2) is 12.8 Å². The van der Waals surface area contributed by atoms with E-state index in [-0.39, 0.29) is 0 Å². The Balaban J connectivity index is 3.03. The van der Waals surface area contributed by atoms with E-state index in [0.717, 1.165) is 6.54 Å². The van der Waals surface area contributed by atoms with E-state index in [1.165, 1.54) is 25.7 Å². The van der Waals surface area contributed by atoms with Crippen LogP contribution in [-0.2, 0) is 0 Å². The summed E-state index contributed by atoms with van der Waals surface area (Å²) in [4.78, 5) is 4.32. The van der Waals surface area contributed by atoms with Crippen LogP contribution in [0, 0.1) is 5.92 Å². The normalized spacial score (nSPS) is 11.6. The fourth-order valence-corrected chi connectivity index (χ4v) is 0.862. The lowest BCUT2D eigenvalue weighted by atomic mass is 10.2. The second-order valence-corrected chi connectivity index (χ2v) is 3.44. The first-order chi connectivity index (χ1) is 5.27. The van der Waals surface area contributed by atoms with Crippen LogP contribution in [0.25, 0.3) is 0 Å². The Bertz CT molecular complexity index is 95.0. The van der Waals surface area contributed by atoms with E-state index in [0.29, 0.717) is 5.92 Å². The SMILES string of the molecule is CCCCCC=NCC(C)C. The standard InChI is InChI=1S/C10H21N/c1-4-5-6-7-8-11-9-10(2)3/h8,10H,4-7,9H2,1-3H3. The molecule has 0 aliphatic heterocycles. The van der Waals surface area contributed by atoms with Gasteiger partial charge in [0.25, 0.3) is 0 Å². The first-order valence-electron chi connectivity index (χ1n) is 4.75. The van der Waals surface area contributed by atoms with Gasteiger partial charge < -0.3 is 0 Å². The maximum Gasteiger partial charge on any atom is 0.0408 e. The van der Waals surface area contributed by atoms with E-state index in [4.69, 9.17) is 0 Å². The summed E-state index contributed by atoms with van der Waals surface area (Å²) >= 11 is 0.